The van der Waals surface area contributed by atoms with Crippen molar-refractivity contribution in [2.24, 2.45) is 0 Å². The SMILES string of the molecule is CC(=O)c1ccc2c(P(=O)(c3ccccc3)c3ccccc3)c([S-])ccc2c1.[Li+]. The third-order valence-corrected chi connectivity index (χ3v) is 8.57. The molecule has 0 atom stereocenters. The van der Waals surface area contributed by atoms with Crippen LogP contribution in [0.5, 0.6) is 0 Å². The van der Waals surface area contributed by atoms with E-state index in [9.17, 15) is 9.36 Å². The zero-order chi connectivity index (χ0) is 19.7. The van der Waals surface area contributed by atoms with Gasteiger partial charge in [-0.05, 0) is 23.8 Å². The van der Waals surface area contributed by atoms with Crippen molar-refractivity contribution in [3.05, 3.63) is 96.6 Å². The fourth-order valence-corrected chi connectivity index (χ4v) is 7.01. The predicted octanol–water partition coefficient (Wildman–Crippen LogP) is 1.59. The van der Waals surface area contributed by atoms with Gasteiger partial charge in [0.25, 0.3) is 0 Å². The summed E-state index contributed by atoms with van der Waals surface area (Å²) in [5.41, 5.74) is 0.629. The van der Waals surface area contributed by atoms with Gasteiger partial charge in [0, 0.05) is 21.5 Å². The standard InChI is InChI=1S/C24H19O2PS.Li/c1-17(25)18-12-14-22-19(16-18)13-15-23(28)24(22)27(26,20-8-4-2-5-9-20)21-10-6-3-7-11-21;/h2-16,28H,1H3;/q;+1/p-1. The molecule has 138 valence electrons. The van der Waals surface area contributed by atoms with E-state index >= 15 is 0 Å². The van der Waals surface area contributed by atoms with Crippen molar-refractivity contribution in [1.29, 1.82) is 0 Å². The summed E-state index contributed by atoms with van der Waals surface area (Å²) >= 11 is 5.67. The summed E-state index contributed by atoms with van der Waals surface area (Å²) in [6.07, 6.45) is 0. The molecule has 0 unspecified atom stereocenters. The molecule has 4 aromatic rings. The molecule has 0 aliphatic rings. The molecular formula is C24H18LiO2PS. The van der Waals surface area contributed by atoms with E-state index < -0.39 is 7.14 Å². The van der Waals surface area contributed by atoms with Gasteiger partial charge in [-0.25, -0.2) is 0 Å². The second kappa shape index (κ2) is 8.70. The summed E-state index contributed by atoms with van der Waals surface area (Å²) in [7, 11) is -3.19. The Morgan fingerprint density at radius 3 is 1.86 bits per heavy atom. The van der Waals surface area contributed by atoms with E-state index in [-0.39, 0.29) is 24.6 Å². The molecular weight excluding hydrogens is 390 g/mol. The molecule has 29 heavy (non-hydrogen) atoms. The van der Waals surface area contributed by atoms with Crippen LogP contribution in [0.1, 0.15) is 17.3 Å². The van der Waals surface area contributed by atoms with Crippen LogP contribution in [0.15, 0.2) is 95.9 Å². The van der Waals surface area contributed by atoms with Gasteiger partial charge in [-0.2, -0.15) is 4.90 Å². The summed E-state index contributed by atoms with van der Waals surface area (Å²) < 4.78 is 14.7. The maximum absolute atomic E-state index is 14.7. The second-order valence-electron chi connectivity index (χ2n) is 6.68. The average Bonchev–Trinajstić information content (AvgIpc) is 2.74. The summed E-state index contributed by atoms with van der Waals surface area (Å²) in [5, 5.41) is 3.84. The average molecular weight is 408 g/mol. The molecule has 0 aliphatic heterocycles. The molecule has 0 saturated carbocycles. The zero-order valence-corrected chi connectivity index (χ0v) is 18.0. The van der Waals surface area contributed by atoms with Crippen LogP contribution in [0.2, 0.25) is 0 Å². The molecule has 0 amide bonds. The first-order chi connectivity index (χ1) is 13.5. The Morgan fingerprint density at radius 2 is 1.34 bits per heavy atom. The first-order valence-electron chi connectivity index (χ1n) is 8.98. The van der Waals surface area contributed by atoms with Crippen LogP contribution in [-0.2, 0) is 17.2 Å². The number of ketones is 1. The first kappa shape index (κ1) is 21.6. The van der Waals surface area contributed by atoms with Crippen LogP contribution in [0.4, 0.5) is 0 Å². The van der Waals surface area contributed by atoms with Crippen LogP contribution in [0.3, 0.4) is 0 Å². The third kappa shape index (κ3) is 3.85. The van der Waals surface area contributed by atoms with E-state index in [1.54, 1.807) is 13.0 Å². The molecule has 0 heterocycles. The van der Waals surface area contributed by atoms with Crippen LogP contribution >= 0.6 is 7.14 Å². The Morgan fingerprint density at radius 1 is 0.793 bits per heavy atom. The molecule has 0 aliphatic carbocycles. The number of Topliss-reactive ketones (excluding diaryl/α,β-unsaturated/α-hetero) is 1. The Labute approximate surface area is 188 Å². The van der Waals surface area contributed by atoms with Gasteiger partial charge in [0.15, 0.2) is 12.9 Å². The van der Waals surface area contributed by atoms with Crippen molar-refractivity contribution in [3.63, 3.8) is 0 Å². The largest absolute Gasteiger partial charge is 1.00 e. The Bertz CT molecular complexity index is 1180. The second-order valence-corrected chi connectivity index (χ2v) is 9.82. The zero-order valence-electron chi connectivity index (χ0n) is 16.3. The van der Waals surface area contributed by atoms with E-state index in [1.807, 2.05) is 84.9 Å². The Kier molecular flexibility index (Phi) is 6.47. The van der Waals surface area contributed by atoms with Crippen molar-refractivity contribution in [3.8, 4) is 0 Å². The topological polar surface area (TPSA) is 34.1 Å². The van der Waals surface area contributed by atoms with Crippen LogP contribution in [0.25, 0.3) is 10.8 Å². The fourth-order valence-electron chi connectivity index (χ4n) is 3.52. The number of benzene rings is 4. The minimum absolute atomic E-state index is 0. The molecule has 0 bridgehead atoms. The maximum Gasteiger partial charge on any atom is 1.00 e. The molecule has 2 nitrogen and oxygen atoms in total. The van der Waals surface area contributed by atoms with Gasteiger partial charge in [-0.15, -0.1) is 0 Å². The fraction of sp³-hybridized carbons (Fsp3) is 0.0417. The minimum Gasteiger partial charge on any atom is -0.779 e. The molecule has 0 saturated heterocycles. The maximum atomic E-state index is 14.7. The smallest absolute Gasteiger partial charge is 0.779 e. The van der Waals surface area contributed by atoms with Crippen LogP contribution in [-0.4, -0.2) is 5.78 Å². The molecule has 0 N–H and O–H groups in total. The molecule has 0 fully saturated rings. The summed E-state index contributed by atoms with van der Waals surface area (Å²) in [5.74, 6) is 0.000186. The van der Waals surface area contributed by atoms with E-state index in [2.05, 4.69) is 0 Å². The summed E-state index contributed by atoms with van der Waals surface area (Å²) in [6, 6.07) is 28.2. The molecule has 0 spiro atoms. The van der Waals surface area contributed by atoms with Gasteiger partial charge in [0.1, 0.15) is 0 Å². The monoisotopic (exact) mass is 408 g/mol. The minimum atomic E-state index is -3.19. The number of fused-ring (bicyclic) bond motifs is 1. The number of hydrogen-bond donors (Lipinski definition) is 0. The number of rotatable bonds is 4. The third-order valence-electron chi connectivity index (χ3n) is 4.92. The van der Waals surface area contributed by atoms with Gasteiger partial charge < -0.3 is 17.2 Å². The van der Waals surface area contributed by atoms with Gasteiger partial charge in [0.2, 0.25) is 0 Å². The van der Waals surface area contributed by atoms with Crippen LogP contribution in [0, 0.1) is 0 Å². The summed E-state index contributed by atoms with van der Waals surface area (Å²) in [4.78, 5) is 12.4. The molecule has 4 rings (SSSR count). The quantitative estimate of drug-likeness (QED) is 0.223. The molecule has 0 radical (unpaired) electrons. The molecule has 0 aromatic heterocycles. The van der Waals surface area contributed by atoms with E-state index in [1.165, 1.54) is 0 Å². The van der Waals surface area contributed by atoms with E-state index in [4.69, 9.17) is 12.6 Å². The van der Waals surface area contributed by atoms with Gasteiger partial charge in [0.05, 0.1) is 0 Å². The Hall–Kier alpha value is -2.14. The van der Waals surface area contributed by atoms with Crippen molar-refractivity contribution in [1.82, 2.24) is 0 Å². The van der Waals surface area contributed by atoms with Gasteiger partial charge in [-0.3, -0.25) is 4.79 Å². The number of hydrogen-bond acceptors (Lipinski definition) is 3. The van der Waals surface area contributed by atoms with Crippen LogP contribution < -0.4 is 34.8 Å². The normalized spacial score (nSPS) is 11.1. The van der Waals surface area contributed by atoms with Gasteiger partial charge >= 0.3 is 18.9 Å². The number of carbonyl (C=O) groups is 1. The van der Waals surface area contributed by atoms with Gasteiger partial charge in [-0.1, -0.05) is 84.9 Å². The Balaban J connectivity index is 0.00000240. The van der Waals surface area contributed by atoms with Crippen molar-refractivity contribution in [2.75, 3.05) is 0 Å². The predicted molar refractivity (Wildman–Crippen MR) is 119 cm³/mol. The van der Waals surface area contributed by atoms with Crippen molar-refractivity contribution < 1.29 is 28.2 Å². The van der Waals surface area contributed by atoms with E-state index in [0.717, 1.165) is 21.4 Å². The van der Waals surface area contributed by atoms with Crippen molar-refractivity contribution in [2.45, 2.75) is 11.8 Å². The summed E-state index contributed by atoms with van der Waals surface area (Å²) in [6.45, 7) is 1.54. The first-order valence-corrected chi connectivity index (χ1v) is 11.1. The molecule has 4 aromatic carbocycles. The molecule has 5 heteroatoms. The number of carbonyl (C=O) groups excluding carboxylic acids is 1. The van der Waals surface area contributed by atoms with Crippen molar-refractivity contribution >= 4 is 52.2 Å². The van der Waals surface area contributed by atoms with E-state index in [0.29, 0.717) is 15.8 Å².